The van der Waals surface area contributed by atoms with Crippen LogP contribution in [0.5, 0.6) is 0 Å². The van der Waals surface area contributed by atoms with E-state index in [4.69, 9.17) is 5.11 Å². The minimum Gasteiger partial charge on any atom is -0.481 e. The van der Waals surface area contributed by atoms with E-state index in [0.717, 1.165) is 5.56 Å². The third-order valence-corrected chi connectivity index (χ3v) is 3.70. The number of ketones is 2. The van der Waals surface area contributed by atoms with Gasteiger partial charge in [0.2, 0.25) is 0 Å². The number of rotatable bonds is 7. The van der Waals surface area contributed by atoms with E-state index in [-0.39, 0.29) is 5.75 Å². The lowest BCUT2D eigenvalue weighted by Gasteiger charge is -2.02. The first kappa shape index (κ1) is 15.2. The first-order chi connectivity index (χ1) is 8.88. The first-order valence-corrected chi connectivity index (χ1v) is 6.90. The summed E-state index contributed by atoms with van der Waals surface area (Å²) in [4.78, 5) is 33.4. The van der Waals surface area contributed by atoms with Crippen LogP contribution in [0.3, 0.4) is 0 Å². The highest BCUT2D eigenvalue weighted by molar-refractivity contribution is 7.85. The summed E-state index contributed by atoms with van der Waals surface area (Å²) in [6, 6.07) is 6.90. The van der Waals surface area contributed by atoms with Gasteiger partial charge >= 0.3 is 5.97 Å². The molecule has 1 N–H and O–H groups in total. The summed E-state index contributed by atoms with van der Waals surface area (Å²) in [7, 11) is -1.50. The van der Waals surface area contributed by atoms with E-state index in [9.17, 15) is 18.6 Å². The summed E-state index contributed by atoms with van der Waals surface area (Å²) >= 11 is 0. The Labute approximate surface area is 113 Å². The molecule has 0 bridgehead atoms. The highest BCUT2D eigenvalue weighted by atomic mass is 32.2. The molecule has 0 aliphatic carbocycles. The van der Waals surface area contributed by atoms with E-state index in [1.165, 1.54) is 0 Å². The molecule has 19 heavy (non-hydrogen) atoms. The number of aryl methyl sites for hydroxylation is 1. The molecule has 1 rings (SSSR count). The van der Waals surface area contributed by atoms with Crippen LogP contribution in [0.1, 0.15) is 18.4 Å². The lowest BCUT2D eigenvalue weighted by molar-refractivity contribution is -0.140. The molecule has 1 aromatic rings. The van der Waals surface area contributed by atoms with Gasteiger partial charge in [-0.3, -0.25) is 18.6 Å². The molecule has 102 valence electrons. The molecule has 0 amide bonds. The lowest BCUT2D eigenvalue weighted by atomic mass is 10.2. The van der Waals surface area contributed by atoms with Gasteiger partial charge in [0.15, 0.2) is 11.6 Å². The molecule has 5 nitrogen and oxygen atoms in total. The van der Waals surface area contributed by atoms with Crippen LogP contribution in [0.4, 0.5) is 0 Å². The van der Waals surface area contributed by atoms with Crippen molar-refractivity contribution in [2.24, 2.45) is 0 Å². The van der Waals surface area contributed by atoms with Crippen molar-refractivity contribution >= 4 is 28.3 Å². The summed E-state index contributed by atoms with van der Waals surface area (Å²) in [6.07, 6.45) is -1.16. The van der Waals surface area contributed by atoms with Gasteiger partial charge in [-0.25, -0.2) is 0 Å². The number of carbonyl (C=O) groups excluding carboxylic acids is 2. The molecule has 1 unspecified atom stereocenters. The SMILES string of the molecule is Cc1ccc(S(=O)CC(=O)CC(=O)CC(=O)O)cc1. The molecule has 0 saturated heterocycles. The highest BCUT2D eigenvalue weighted by Crippen LogP contribution is 2.09. The van der Waals surface area contributed by atoms with Gasteiger partial charge in [-0.2, -0.15) is 0 Å². The quantitative estimate of drug-likeness (QED) is 0.757. The number of carbonyl (C=O) groups is 3. The Morgan fingerprint density at radius 3 is 2.16 bits per heavy atom. The van der Waals surface area contributed by atoms with E-state index in [1.807, 2.05) is 6.92 Å². The Kier molecular flexibility index (Phi) is 5.57. The topological polar surface area (TPSA) is 88.5 Å². The summed E-state index contributed by atoms with van der Waals surface area (Å²) < 4.78 is 11.8. The van der Waals surface area contributed by atoms with Crippen molar-refractivity contribution in [2.75, 3.05) is 5.75 Å². The maximum Gasteiger partial charge on any atom is 0.310 e. The smallest absolute Gasteiger partial charge is 0.310 e. The molecular formula is C13H14O5S. The Morgan fingerprint density at radius 1 is 1.05 bits per heavy atom. The van der Waals surface area contributed by atoms with Crippen molar-refractivity contribution in [1.29, 1.82) is 0 Å². The van der Waals surface area contributed by atoms with Crippen molar-refractivity contribution < 1.29 is 23.7 Å². The van der Waals surface area contributed by atoms with E-state index in [1.54, 1.807) is 24.3 Å². The van der Waals surface area contributed by atoms with Gasteiger partial charge in [0.25, 0.3) is 0 Å². The van der Waals surface area contributed by atoms with Gasteiger partial charge < -0.3 is 5.11 Å². The molecule has 0 fully saturated rings. The molecular weight excluding hydrogens is 268 g/mol. The predicted octanol–water partition coefficient (Wildman–Crippen LogP) is 1.11. The number of hydrogen-bond acceptors (Lipinski definition) is 4. The standard InChI is InChI=1S/C13H14O5S/c1-9-2-4-12(5-3-9)19(18)8-11(15)6-10(14)7-13(16)17/h2-5H,6-8H2,1H3,(H,16,17). The zero-order valence-corrected chi connectivity index (χ0v) is 11.2. The molecule has 1 atom stereocenters. The Morgan fingerprint density at radius 2 is 1.63 bits per heavy atom. The average molecular weight is 282 g/mol. The van der Waals surface area contributed by atoms with Crippen LogP contribution in [0.2, 0.25) is 0 Å². The van der Waals surface area contributed by atoms with Crippen LogP contribution >= 0.6 is 0 Å². The van der Waals surface area contributed by atoms with Crippen LogP contribution in [0.15, 0.2) is 29.2 Å². The minimum atomic E-state index is -1.50. The largest absolute Gasteiger partial charge is 0.481 e. The van der Waals surface area contributed by atoms with Crippen molar-refractivity contribution in [2.45, 2.75) is 24.7 Å². The summed E-state index contributed by atoms with van der Waals surface area (Å²) in [5.41, 5.74) is 1.02. The molecule has 0 saturated carbocycles. The maximum absolute atomic E-state index is 11.8. The van der Waals surface area contributed by atoms with Crippen LogP contribution in [0, 0.1) is 6.92 Å². The van der Waals surface area contributed by atoms with Gasteiger partial charge in [-0.15, -0.1) is 0 Å². The predicted molar refractivity (Wildman–Crippen MR) is 69.3 cm³/mol. The molecule has 0 radical (unpaired) electrons. The molecule has 0 aliphatic heterocycles. The monoisotopic (exact) mass is 282 g/mol. The van der Waals surface area contributed by atoms with E-state index in [0.29, 0.717) is 4.90 Å². The summed E-state index contributed by atoms with van der Waals surface area (Å²) in [6.45, 7) is 1.89. The average Bonchev–Trinajstić information content (AvgIpc) is 2.27. The fraction of sp³-hybridized carbons (Fsp3) is 0.308. The van der Waals surface area contributed by atoms with Gasteiger partial charge in [0.05, 0.1) is 23.0 Å². The Hall–Kier alpha value is -1.82. The number of carboxylic acids is 1. The Balaban J connectivity index is 2.53. The second-order valence-corrected chi connectivity index (χ2v) is 5.58. The van der Waals surface area contributed by atoms with Crippen LogP contribution in [-0.2, 0) is 25.2 Å². The lowest BCUT2D eigenvalue weighted by Crippen LogP contribution is -2.17. The second-order valence-electron chi connectivity index (χ2n) is 4.13. The maximum atomic E-state index is 11.8. The summed E-state index contributed by atoms with van der Waals surface area (Å²) in [5, 5.41) is 8.39. The molecule has 0 heterocycles. The van der Waals surface area contributed by atoms with Crippen LogP contribution in [-0.4, -0.2) is 32.6 Å². The first-order valence-electron chi connectivity index (χ1n) is 5.58. The van der Waals surface area contributed by atoms with Gasteiger partial charge in [-0.05, 0) is 19.1 Å². The minimum absolute atomic E-state index is 0.269. The molecule has 1 aromatic carbocycles. The van der Waals surface area contributed by atoms with Crippen molar-refractivity contribution in [3.05, 3.63) is 29.8 Å². The molecule has 0 spiro atoms. The normalized spacial score (nSPS) is 11.8. The third-order valence-electron chi connectivity index (χ3n) is 2.32. The number of hydrogen-bond donors (Lipinski definition) is 1. The van der Waals surface area contributed by atoms with Crippen LogP contribution in [0.25, 0.3) is 0 Å². The van der Waals surface area contributed by atoms with E-state index < -0.39 is 41.2 Å². The van der Waals surface area contributed by atoms with E-state index in [2.05, 4.69) is 0 Å². The molecule has 6 heteroatoms. The van der Waals surface area contributed by atoms with Crippen molar-refractivity contribution in [1.82, 2.24) is 0 Å². The fourth-order valence-electron chi connectivity index (χ4n) is 1.42. The Bertz CT molecular complexity index is 518. The third kappa shape index (κ3) is 5.56. The second kappa shape index (κ2) is 6.94. The van der Waals surface area contributed by atoms with Crippen molar-refractivity contribution in [3.63, 3.8) is 0 Å². The fourth-order valence-corrected chi connectivity index (χ4v) is 2.42. The molecule has 0 aliphatic rings. The summed E-state index contributed by atoms with van der Waals surface area (Å²) in [5.74, 6) is -2.71. The number of Topliss-reactive ketones (excluding diaryl/α,β-unsaturated/α-hetero) is 2. The zero-order valence-electron chi connectivity index (χ0n) is 10.4. The van der Waals surface area contributed by atoms with E-state index >= 15 is 0 Å². The van der Waals surface area contributed by atoms with Crippen LogP contribution < -0.4 is 0 Å². The molecule has 0 aromatic heterocycles. The van der Waals surface area contributed by atoms with Crippen molar-refractivity contribution in [3.8, 4) is 0 Å². The number of aliphatic carboxylic acids is 1. The zero-order chi connectivity index (χ0) is 14.4. The van der Waals surface area contributed by atoms with Gasteiger partial charge in [0.1, 0.15) is 6.42 Å². The van der Waals surface area contributed by atoms with Gasteiger partial charge in [-0.1, -0.05) is 17.7 Å². The number of benzene rings is 1. The highest BCUT2D eigenvalue weighted by Gasteiger charge is 2.16. The number of carboxylic acid groups (broad SMARTS) is 1. The van der Waals surface area contributed by atoms with Gasteiger partial charge in [0, 0.05) is 4.90 Å².